The van der Waals surface area contributed by atoms with Crippen LogP contribution in [0.15, 0.2) is 6.07 Å². The third-order valence-corrected chi connectivity index (χ3v) is 3.86. The van der Waals surface area contributed by atoms with Gasteiger partial charge >= 0.3 is 0 Å². The molecule has 0 saturated carbocycles. The Labute approximate surface area is 109 Å². The van der Waals surface area contributed by atoms with Crippen LogP contribution in [0, 0.1) is 6.92 Å². The summed E-state index contributed by atoms with van der Waals surface area (Å²) in [5.41, 5.74) is 1.68. The molecule has 2 heterocycles. The largest absolute Gasteiger partial charge is 0.305 e. The van der Waals surface area contributed by atoms with Crippen molar-refractivity contribution in [3.05, 3.63) is 17.5 Å². The molecule has 0 radical (unpaired) electrons. The lowest BCUT2D eigenvalue weighted by Gasteiger charge is -2.33. The average Bonchev–Trinajstić information content (AvgIpc) is 2.70. The fraction of sp³-hybridized carbons (Fsp3) is 0.714. The molecule has 1 unspecified atom stereocenters. The summed E-state index contributed by atoms with van der Waals surface area (Å²) < 4.78 is 1.93. The van der Waals surface area contributed by atoms with Gasteiger partial charge in [0.05, 0.1) is 17.7 Å². The highest BCUT2D eigenvalue weighted by molar-refractivity contribution is 5.89. The van der Waals surface area contributed by atoms with Crippen LogP contribution in [0.3, 0.4) is 0 Å². The van der Waals surface area contributed by atoms with E-state index in [4.69, 9.17) is 0 Å². The minimum atomic E-state index is -0.338. The Morgan fingerprint density at radius 1 is 1.56 bits per heavy atom. The van der Waals surface area contributed by atoms with Gasteiger partial charge in [0.15, 0.2) is 5.78 Å². The summed E-state index contributed by atoms with van der Waals surface area (Å²) in [4.78, 5) is 12.5. The van der Waals surface area contributed by atoms with Gasteiger partial charge in [-0.05, 0) is 52.6 Å². The number of Topliss-reactive ketones (excluding diaryl/α,β-unsaturated/α-hetero) is 1. The number of carbonyl (C=O) groups excluding carboxylic acids is 1. The van der Waals surface area contributed by atoms with Crippen LogP contribution in [0.4, 0.5) is 0 Å². The molecule has 1 aromatic rings. The summed E-state index contributed by atoms with van der Waals surface area (Å²) in [5.74, 6) is 0.289. The second-order valence-corrected chi connectivity index (χ2v) is 5.41. The number of aryl methyl sites for hydroxylation is 2. The van der Waals surface area contributed by atoms with Crippen molar-refractivity contribution in [2.24, 2.45) is 0 Å². The molecule has 1 aromatic heterocycles. The summed E-state index contributed by atoms with van der Waals surface area (Å²) in [6, 6.07) is 2.02. The number of rotatable bonds is 4. The lowest BCUT2D eigenvalue weighted by molar-refractivity contribution is -0.125. The van der Waals surface area contributed by atoms with Crippen LogP contribution < -0.4 is 5.32 Å². The molecule has 0 amide bonds. The normalized spacial score (nSPS) is 24.2. The molecule has 1 aliphatic rings. The van der Waals surface area contributed by atoms with E-state index in [1.165, 1.54) is 6.42 Å². The minimum Gasteiger partial charge on any atom is -0.305 e. The first kappa shape index (κ1) is 13.3. The van der Waals surface area contributed by atoms with Gasteiger partial charge in [-0.2, -0.15) is 5.10 Å². The van der Waals surface area contributed by atoms with Gasteiger partial charge in [-0.1, -0.05) is 0 Å². The van der Waals surface area contributed by atoms with Gasteiger partial charge in [0.25, 0.3) is 0 Å². The van der Waals surface area contributed by atoms with Crippen molar-refractivity contribution in [3.63, 3.8) is 0 Å². The molecular weight excluding hydrogens is 226 g/mol. The van der Waals surface area contributed by atoms with Crippen molar-refractivity contribution in [1.82, 2.24) is 15.1 Å². The van der Waals surface area contributed by atoms with Crippen LogP contribution in [0.5, 0.6) is 0 Å². The zero-order valence-corrected chi connectivity index (χ0v) is 11.6. The van der Waals surface area contributed by atoms with Crippen LogP contribution in [-0.4, -0.2) is 27.6 Å². The maximum atomic E-state index is 12.5. The maximum absolute atomic E-state index is 12.5. The molecule has 1 saturated heterocycles. The van der Waals surface area contributed by atoms with E-state index in [2.05, 4.69) is 17.3 Å². The highest BCUT2D eigenvalue weighted by Crippen LogP contribution is 2.21. The first-order chi connectivity index (χ1) is 8.55. The topological polar surface area (TPSA) is 46.9 Å². The van der Waals surface area contributed by atoms with E-state index in [-0.39, 0.29) is 11.3 Å². The van der Waals surface area contributed by atoms with Crippen LogP contribution in [0.2, 0.25) is 0 Å². The van der Waals surface area contributed by atoms with E-state index in [9.17, 15) is 4.79 Å². The fourth-order valence-corrected chi connectivity index (χ4v) is 2.67. The molecule has 1 N–H and O–H groups in total. The molecule has 100 valence electrons. The van der Waals surface area contributed by atoms with Crippen molar-refractivity contribution in [1.29, 1.82) is 0 Å². The molecule has 1 fully saturated rings. The highest BCUT2D eigenvalue weighted by Gasteiger charge is 2.34. The minimum absolute atomic E-state index is 0.289. The summed E-state index contributed by atoms with van der Waals surface area (Å²) in [6.07, 6.45) is 3.75. The van der Waals surface area contributed by atoms with Gasteiger partial charge in [0.1, 0.15) is 0 Å². The number of ketones is 1. The lowest BCUT2D eigenvalue weighted by atomic mass is 9.85. The Balaban J connectivity index is 2.10. The Hall–Kier alpha value is -1.16. The second-order valence-electron chi connectivity index (χ2n) is 5.41. The number of carbonyl (C=O) groups is 1. The monoisotopic (exact) mass is 249 g/mol. The first-order valence-corrected chi connectivity index (χ1v) is 6.87. The Morgan fingerprint density at radius 2 is 2.33 bits per heavy atom. The molecule has 1 aliphatic heterocycles. The van der Waals surface area contributed by atoms with E-state index in [1.807, 2.05) is 24.6 Å². The van der Waals surface area contributed by atoms with E-state index in [0.29, 0.717) is 6.42 Å². The number of hydrogen-bond acceptors (Lipinski definition) is 3. The third kappa shape index (κ3) is 2.64. The molecule has 0 bridgehead atoms. The standard InChI is InChI=1S/C14H23N3O/c1-4-17-12(9-11(2)16-17)10-13(18)14(3)7-5-6-8-15-14/h9,15H,4-8,10H2,1-3H3. The van der Waals surface area contributed by atoms with Gasteiger partial charge in [-0.3, -0.25) is 9.48 Å². The number of hydrogen-bond donors (Lipinski definition) is 1. The number of piperidine rings is 1. The third-order valence-electron chi connectivity index (χ3n) is 3.86. The zero-order valence-electron chi connectivity index (χ0n) is 11.6. The van der Waals surface area contributed by atoms with E-state index >= 15 is 0 Å². The summed E-state index contributed by atoms with van der Waals surface area (Å²) in [7, 11) is 0. The molecule has 0 spiro atoms. The van der Waals surface area contributed by atoms with E-state index < -0.39 is 0 Å². The smallest absolute Gasteiger partial charge is 0.158 e. The Morgan fingerprint density at radius 3 is 2.94 bits per heavy atom. The van der Waals surface area contributed by atoms with Crippen LogP contribution in [0.1, 0.15) is 44.5 Å². The fourth-order valence-electron chi connectivity index (χ4n) is 2.67. The summed E-state index contributed by atoms with van der Waals surface area (Å²) in [6.45, 7) is 7.84. The van der Waals surface area contributed by atoms with E-state index in [1.54, 1.807) is 0 Å². The summed E-state index contributed by atoms with van der Waals surface area (Å²) >= 11 is 0. The predicted octanol–water partition coefficient (Wildman–Crippen LogP) is 1.86. The molecule has 4 heteroatoms. The van der Waals surface area contributed by atoms with Gasteiger partial charge in [0.2, 0.25) is 0 Å². The highest BCUT2D eigenvalue weighted by atomic mass is 16.1. The van der Waals surface area contributed by atoms with Crippen LogP contribution in [0.25, 0.3) is 0 Å². The molecule has 0 aromatic carbocycles. The van der Waals surface area contributed by atoms with E-state index in [0.717, 1.165) is 37.3 Å². The molecule has 18 heavy (non-hydrogen) atoms. The zero-order chi connectivity index (χ0) is 13.2. The summed E-state index contributed by atoms with van der Waals surface area (Å²) in [5, 5.41) is 7.77. The lowest BCUT2D eigenvalue weighted by Crippen LogP contribution is -2.52. The molecule has 4 nitrogen and oxygen atoms in total. The Bertz CT molecular complexity index is 430. The predicted molar refractivity (Wildman–Crippen MR) is 71.6 cm³/mol. The van der Waals surface area contributed by atoms with Crippen molar-refractivity contribution in [2.75, 3.05) is 6.54 Å². The van der Waals surface area contributed by atoms with Crippen LogP contribution >= 0.6 is 0 Å². The van der Waals surface area contributed by atoms with Crippen LogP contribution in [-0.2, 0) is 17.8 Å². The molecule has 2 rings (SSSR count). The Kier molecular flexibility index (Phi) is 3.85. The van der Waals surface area contributed by atoms with Crippen molar-refractivity contribution >= 4 is 5.78 Å². The number of nitrogens with one attached hydrogen (secondary N) is 1. The number of aromatic nitrogens is 2. The van der Waals surface area contributed by atoms with Crippen molar-refractivity contribution in [2.45, 2.75) is 58.5 Å². The number of nitrogens with zero attached hydrogens (tertiary/aromatic N) is 2. The van der Waals surface area contributed by atoms with Crippen molar-refractivity contribution < 1.29 is 4.79 Å². The quantitative estimate of drug-likeness (QED) is 0.886. The molecule has 0 aliphatic carbocycles. The maximum Gasteiger partial charge on any atom is 0.158 e. The first-order valence-electron chi connectivity index (χ1n) is 6.87. The van der Waals surface area contributed by atoms with Gasteiger partial charge in [-0.25, -0.2) is 0 Å². The van der Waals surface area contributed by atoms with Crippen molar-refractivity contribution in [3.8, 4) is 0 Å². The van der Waals surface area contributed by atoms with Gasteiger partial charge in [0, 0.05) is 12.2 Å². The SMILES string of the molecule is CCn1nc(C)cc1CC(=O)C1(C)CCCCN1. The molecular formula is C14H23N3O. The van der Waals surface area contributed by atoms with Gasteiger partial charge in [-0.15, -0.1) is 0 Å². The average molecular weight is 249 g/mol. The van der Waals surface area contributed by atoms with Gasteiger partial charge < -0.3 is 5.32 Å². The molecule has 1 atom stereocenters. The second kappa shape index (κ2) is 5.22.